The second-order valence-corrected chi connectivity index (χ2v) is 5.61. The van der Waals surface area contributed by atoms with Crippen LogP contribution < -0.4 is 0 Å². The number of nitrogens with zero attached hydrogens (tertiary/aromatic N) is 1. The number of carbonyl (C=O) groups is 3. The van der Waals surface area contributed by atoms with Crippen LogP contribution in [0.25, 0.3) is 0 Å². The van der Waals surface area contributed by atoms with Gasteiger partial charge in [0, 0.05) is 19.4 Å². The van der Waals surface area contributed by atoms with Crippen molar-refractivity contribution in [1.29, 1.82) is 0 Å². The number of hydrogen-bond acceptors (Lipinski definition) is 3. The Labute approximate surface area is 129 Å². The minimum atomic E-state index is -0.782. The molecule has 1 unspecified atom stereocenters. The molecule has 0 bridgehead atoms. The third-order valence-corrected chi connectivity index (χ3v) is 3.97. The minimum absolute atomic E-state index is 0.107. The number of hydrogen-bond donors (Lipinski definition) is 1. The first kappa shape index (κ1) is 16.2. The van der Waals surface area contributed by atoms with Crippen LogP contribution in [-0.2, 0) is 14.4 Å². The highest BCUT2D eigenvalue weighted by molar-refractivity contribution is 6.06. The maximum Gasteiger partial charge on any atom is 0.303 e. The Bertz CT molecular complexity index is 541. The van der Waals surface area contributed by atoms with Gasteiger partial charge in [0.1, 0.15) is 0 Å². The third-order valence-electron chi connectivity index (χ3n) is 3.97. The summed E-state index contributed by atoms with van der Waals surface area (Å²) in [6, 6.07) is 9.40. The van der Waals surface area contributed by atoms with Gasteiger partial charge in [-0.3, -0.25) is 19.3 Å². The summed E-state index contributed by atoms with van der Waals surface area (Å²) in [5.41, 5.74) is 0.893. The second kappa shape index (κ2) is 7.73. The number of carboxylic acid groups (broad SMARTS) is 1. The number of unbranched alkanes of at least 4 members (excludes halogenated alkanes) is 3. The zero-order chi connectivity index (χ0) is 15.9. The van der Waals surface area contributed by atoms with Crippen molar-refractivity contribution in [3.05, 3.63) is 35.9 Å². The van der Waals surface area contributed by atoms with Gasteiger partial charge in [-0.05, 0) is 18.4 Å². The van der Waals surface area contributed by atoms with Crippen LogP contribution in [0.5, 0.6) is 0 Å². The Kier molecular flexibility index (Phi) is 5.69. The van der Waals surface area contributed by atoms with E-state index in [9.17, 15) is 14.4 Å². The van der Waals surface area contributed by atoms with Crippen molar-refractivity contribution in [2.45, 2.75) is 44.4 Å². The van der Waals surface area contributed by atoms with Gasteiger partial charge < -0.3 is 5.11 Å². The second-order valence-electron chi connectivity index (χ2n) is 5.61. The van der Waals surface area contributed by atoms with Crippen molar-refractivity contribution >= 4 is 17.8 Å². The number of aliphatic carboxylic acids is 1. The minimum Gasteiger partial charge on any atom is -0.481 e. The molecule has 0 aliphatic carbocycles. The van der Waals surface area contributed by atoms with Crippen molar-refractivity contribution in [1.82, 2.24) is 4.90 Å². The fraction of sp³-hybridized carbons (Fsp3) is 0.471. The SMILES string of the molecule is O=C(O)CCCCCCN1C(=O)CC(c2ccccc2)C1=O. The van der Waals surface area contributed by atoms with Gasteiger partial charge in [0.2, 0.25) is 11.8 Å². The maximum absolute atomic E-state index is 12.4. The molecule has 118 valence electrons. The number of rotatable bonds is 8. The highest BCUT2D eigenvalue weighted by atomic mass is 16.4. The van der Waals surface area contributed by atoms with Crippen molar-refractivity contribution in [3.63, 3.8) is 0 Å². The highest BCUT2D eigenvalue weighted by Crippen LogP contribution is 2.29. The molecule has 1 N–H and O–H groups in total. The van der Waals surface area contributed by atoms with E-state index in [1.807, 2.05) is 30.3 Å². The van der Waals surface area contributed by atoms with Gasteiger partial charge in [-0.1, -0.05) is 43.2 Å². The van der Waals surface area contributed by atoms with Gasteiger partial charge in [-0.2, -0.15) is 0 Å². The van der Waals surface area contributed by atoms with Crippen LogP contribution in [0.15, 0.2) is 30.3 Å². The summed E-state index contributed by atoms with van der Waals surface area (Å²) >= 11 is 0. The molecule has 1 fully saturated rings. The molecule has 2 amide bonds. The lowest BCUT2D eigenvalue weighted by Gasteiger charge is -2.15. The average Bonchev–Trinajstić information content (AvgIpc) is 2.79. The molecule has 5 heteroatoms. The van der Waals surface area contributed by atoms with Gasteiger partial charge in [0.15, 0.2) is 0 Å². The molecule has 1 saturated heterocycles. The fourth-order valence-corrected chi connectivity index (χ4v) is 2.76. The van der Waals surface area contributed by atoms with Crippen LogP contribution in [0.2, 0.25) is 0 Å². The zero-order valence-corrected chi connectivity index (χ0v) is 12.5. The Hall–Kier alpha value is -2.17. The fourth-order valence-electron chi connectivity index (χ4n) is 2.76. The van der Waals surface area contributed by atoms with E-state index < -0.39 is 5.97 Å². The summed E-state index contributed by atoms with van der Waals surface area (Å²) in [5, 5.41) is 8.55. The Morgan fingerprint density at radius 2 is 1.77 bits per heavy atom. The predicted octanol–water partition coefficient (Wildman–Crippen LogP) is 2.56. The molecule has 2 rings (SSSR count). The smallest absolute Gasteiger partial charge is 0.303 e. The molecular weight excluding hydrogens is 282 g/mol. The number of amides is 2. The molecule has 1 heterocycles. The van der Waals surface area contributed by atoms with Crippen molar-refractivity contribution in [3.8, 4) is 0 Å². The molecular formula is C17H21NO4. The lowest BCUT2D eigenvalue weighted by atomic mass is 9.98. The molecule has 1 aromatic carbocycles. The molecule has 0 aromatic heterocycles. The number of imide groups is 1. The first-order valence-electron chi connectivity index (χ1n) is 7.70. The van der Waals surface area contributed by atoms with E-state index in [1.165, 1.54) is 4.90 Å². The maximum atomic E-state index is 12.4. The van der Waals surface area contributed by atoms with Crippen LogP contribution in [-0.4, -0.2) is 34.3 Å². The number of benzene rings is 1. The first-order chi connectivity index (χ1) is 10.6. The zero-order valence-electron chi connectivity index (χ0n) is 12.5. The van der Waals surface area contributed by atoms with E-state index in [-0.39, 0.29) is 30.6 Å². The van der Waals surface area contributed by atoms with Crippen LogP contribution in [0.4, 0.5) is 0 Å². The third kappa shape index (κ3) is 4.16. The Morgan fingerprint density at radius 3 is 2.45 bits per heavy atom. The van der Waals surface area contributed by atoms with Crippen LogP contribution in [0.3, 0.4) is 0 Å². The van der Waals surface area contributed by atoms with Gasteiger partial charge in [-0.15, -0.1) is 0 Å². The number of carbonyl (C=O) groups excluding carboxylic acids is 2. The van der Waals surface area contributed by atoms with Crippen molar-refractivity contribution in [2.24, 2.45) is 0 Å². The summed E-state index contributed by atoms with van der Waals surface area (Å²) in [7, 11) is 0. The van der Waals surface area contributed by atoms with Crippen molar-refractivity contribution in [2.75, 3.05) is 6.54 Å². The molecule has 1 atom stereocenters. The Morgan fingerprint density at radius 1 is 1.09 bits per heavy atom. The lowest BCUT2D eigenvalue weighted by molar-refractivity contribution is -0.139. The summed E-state index contributed by atoms with van der Waals surface area (Å²) < 4.78 is 0. The van der Waals surface area contributed by atoms with Gasteiger partial charge >= 0.3 is 5.97 Å². The van der Waals surface area contributed by atoms with E-state index in [1.54, 1.807) is 0 Å². The normalized spacial score (nSPS) is 18.0. The lowest BCUT2D eigenvalue weighted by Crippen LogP contribution is -2.31. The Balaban J connectivity index is 1.79. The van der Waals surface area contributed by atoms with E-state index in [2.05, 4.69) is 0 Å². The molecule has 0 saturated carbocycles. The van der Waals surface area contributed by atoms with E-state index in [0.29, 0.717) is 13.0 Å². The molecule has 1 aromatic rings. The summed E-state index contributed by atoms with van der Waals surface area (Å²) in [6.45, 7) is 0.439. The van der Waals surface area contributed by atoms with Crippen LogP contribution in [0.1, 0.15) is 50.0 Å². The van der Waals surface area contributed by atoms with Crippen LogP contribution >= 0.6 is 0 Å². The molecule has 0 spiro atoms. The van der Waals surface area contributed by atoms with Gasteiger partial charge in [0.25, 0.3) is 0 Å². The molecule has 0 radical (unpaired) electrons. The van der Waals surface area contributed by atoms with Crippen molar-refractivity contribution < 1.29 is 19.5 Å². The molecule has 22 heavy (non-hydrogen) atoms. The van der Waals surface area contributed by atoms with E-state index in [0.717, 1.165) is 24.8 Å². The summed E-state index contributed by atoms with van der Waals surface area (Å²) in [4.78, 5) is 36.1. The molecule has 5 nitrogen and oxygen atoms in total. The van der Waals surface area contributed by atoms with E-state index in [4.69, 9.17) is 5.11 Å². The van der Waals surface area contributed by atoms with Crippen LogP contribution in [0, 0.1) is 0 Å². The van der Waals surface area contributed by atoms with E-state index >= 15 is 0 Å². The summed E-state index contributed by atoms with van der Waals surface area (Å²) in [5.74, 6) is -1.34. The monoisotopic (exact) mass is 303 g/mol. The standard InChI is InChI=1S/C17H21NO4/c19-15-12-14(13-8-4-3-5-9-13)17(22)18(15)11-7-2-1-6-10-16(20)21/h3-5,8-9,14H,1-2,6-7,10-12H2,(H,20,21). The predicted molar refractivity (Wildman–Crippen MR) is 81.2 cm³/mol. The van der Waals surface area contributed by atoms with Gasteiger partial charge in [-0.25, -0.2) is 0 Å². The molecule has 1 aliphatic rings. The average molecular weight is 303 g/mol. The quantitative estimate of drug-likeness (QED) is 0.591. The first-order valence-corrected chi connectivity index (χ1v) is 7.70. The van der Waals surface area contributed by atoms with Gasteiger partial charge in [0.05, 0.1) is 5.92 Å². The number of likely N-dealkylation sites (tertiary alicyclic amines) is 1. The largest absolute Gasteiger partial charge is 0.481 e. The highest BCUT2D eigenvalue weighted by Gasteiger charge is 2.38. The topological polar surface area (TPSA) is 74.7 Å². The summed E-state index contributed by atoms with van der Waals surface area (Å²) in [6.07, 6.45) is 3.45. The number of carboxylic acids is 1. The molecule has 1 aliphatic heterocycles.